The fourth-order valence-electron chi connectivity index (χ4n) is 9.52. The third kappa shape index (κ3) is 7.16. The molecule has 0 fully saturated rings. The number of aromatic nitrogens is 1. The minimum Gasteiger partial charge on any atom is -0.337 e. The van der Waals surface area contributed by atoms with E-state index in [1.54, 1.807) is 0 Å². The monoisotopic (exact) mass is 806 g/mol. The van der Waals surface area contributed by atoms with Crippen LogP contribution in [0.15, 0.2) is 237 Å². The maximum Gasteiger partial charge on any atom is 0.0547 e. The van der Waals surface area contributed by atoms with Gasteiger partial charge in [0, 0.05) is 34.4 Å². The van der Waals surface area contributed by atoms with E-state index < -0.39 is 0 Å². The van der Waals surface area contributed by atoms with E-state index >= 15 is 0 Å². The summed E-state index contributed by atoms with van der Waals surface area (Å²) < 4.78 is 2.43. The maximum absolute atomic E-state index is 2.49. The molecule has 0 bridgehead atoms. The summed E-state index contributed by atoms with van der Waals surface area (Å²) in [7, 11) is 0. The second-order valence-corrected chi connectivity index (χ2v) is 16.4. The van der Waals surface area contributed by atoms with Crippen LogP contribution in [-0.4, -0.2) is 4.57 Å². The van der Waals surface area contributed by atoms with Crippen molar-refractivity contribution in [3.8, 4) is 50.2 Å². The third-order valence-corrected chi connectivity index (χ3v) is 12.7. The summed E-state index contributed by atoms with van der Waals surface area (Å²) >= 11 is 0. The number of hydrogen-bond donors (Lipinski definition) is 0. The Morgan fingerprint density at radius 2 is 0.889 bits per heavy atom. The van der Waals surface area contributed by atoms with E-state index in [9.17, 15) is 0 Å². The van der Waals surface area contributed by atoms with Gasteiger partial charge in [0.15, 0.2) is 0 Å². The van der Waals surface area contributed by atoms with Crippen molar-refractivity contribution >= 4 is 44.0 Å². The van der Waals surface area contributed by atoms with Crippen molar-refractivity contribution in [2.75, 3.05) is 4.90 Å². The molecule has 11 aromatic rings. The first-order chi connectivity index (χ1) is 31.2. The quantitative estimate of drug-likeness (QED) is 0.134. The highest BCUT2D eigenvalue weighted by molar-refractivity contribution is 6.18. The molecule has 1 aromatic heterocycles. The first kappa shape index (κ1) is 38.0. The predicted octanol–water partition coefficient (Wildman–Crippen LogP) is 16.5. The molecule has 0 spiro atoms. The lowest BCUT2D eigenvalue weighted by Crippen LogP contribution is -2.17. The molecule has 0 saturated carbocycles. The van der Waals surface area contributed by atoms with E-state index in [-0.39, 0.29) is 0 Å². The number of nitrogens with zero attached hydrogens (tertiary/aromatic N) is 2. The molecule has 300 valence electrons. The molecular formula is C61H46N2. The van der Waals surface area contributed by atoms with Gasteiger partial charge in [0.05, 0.1) is 11.0 Å². The zero-order valence-electron chi connectivity index (χ0n) is 35.3. The molecule has 1 heterocycles. The Morgan fingerprint density at radius 3 is 1.59 bits per heavy atom. The van der Waals surface area contributed by atoms with Crippen LogP contribution < -0.4 is 4.90 Å². The molecule has 0 saturated heterocycles. The molecule has 63 heavy (non-hydrogen) atoms. The fourth-order valence-corrected chi connectivity index (χ4v) is 9.52. The molecule has 0 aliphatic rings. The van der Waals surface area contributed by atoms with E-state index in [0.717, 1.165) is 23.5 Å². The third-order valence-electron chi connectivity index (χ3n) is 12.7. The Bertz CT molecular complexity index is 3380. The summed E-state index contributed by atoms with van der Waals surface area (Å²) in [5, 5.41) is 4.99. The zero-order valence-corrected chi connectivity index (χ0v) is 35.3. The number of hydrogen-bond acceptors (Lipinski definition) is 1. The highest BCUT2D eigenvalue weighted by atomic mass is 15.1. The molecule has 0 aliphatic carbocycles. The molecular weight excluding hydrogens is 761 g/mol. The molecule has 0 aliphatic heterocycles. The van der Waals surface area contributed by atoms with Crippen molar-refractivity contribution in [3.05, 3.63) is 248 Å². The van der Waals surface area contributed by atoms with Crippen LogP contribution in [0.5, 0.6) is 0 Å². The Labute approximate surface area is 369 Å². The van der Waals surface area contributed by atoms with E-state index in [1.807, 2.05) is 0 Å². The summed E-state index contributed by atoms with van der Waals surface area (Å²) in [4.78, 5) is 2.49. The smallest absolute Gasteiger partial charge is 0.0547 e. The van der Waals surface area contributed by atoms with Gasteiger partial charge in [-0.1, -0.05) is 189 Å². The number of anilines is 2. The molecule has 10 aromatic carbocycles. The fraction of sp³-hybridized carbons (Fsp3) is 0.0492. The normalized spacial score (nSPS) is 11.4. The minimum absolute atomic E-state index is 0.701. The van der Waals surface area contributed by atoms with E-state index in [2.05, 4.69) is 253 Å². The molecule has 0 atom stereocenters. The zero-order chi connectivity index (χ0) is 42.1. The van der Waals surface area contributed by atoms with Crippen LogP contribution in [0.2, 0.25) is 0 Å². The van der Waals surface area contributed by atoms with Crippen molar-refractivity contribution in [3.63, 3.8) is 0 Å². The number of para-hydroxylation sites is 1. The van der Waals surface area contributed by atoms with Gasteiger partial charge in [0.25, 0.3) is 0 Å². The van der Waals surface area contributed by atoms with Crippen molar-refractivity contribution in [1.82, 2.24) is 4.57 Å². The summed E-state index contributed by atoms with van der Waals surface area (Å²) in [6, 6.07) is 86.5. The number of aryl methyl sites for hydroxylation is 1. The summed E-state index contributed by atoms with van der Waals surface area (Å²) in [5.74, 6) is 0. The minimum atomic E-state index is 0.701. The van der Waals surface area contributed by atoms with Crippen LogP contribution in [0.3, 0.4) is 0 Å². The topological polar surface area (TPSA) is 8.17 Å². The van der Waals surface area contributed by atoms with Crippen LogP contribution in [0.25, 0.3) is 82.8 Å². The van der Waals surface area contributed by atoms with Gasteiger partial charge in [0.1, 0.15) is 0 Å². The van der Waals surface area contributed by atoms with Gasteiger partial charge in [-0.25, -0.2) is 0 Å². The standard InChI is InChI=1S/C61H46N2/c1-2-43-17-11-13-27-55(43)56-28-14-12-22-51(56)42-62(52-37-35-47(36-38-52)46-33-31-45(32-34-46)44-18-5-3-6-19-44)54-26-15-23-50(39-54)57-29-16-30-59-61(57)58-40-48-20-9-10-21-49(48)41-60(58)63(59)53-24-7-4-8-25-53/h3-41H,2,42H2,1H3. The Hall–Kier alpha value is -7.94. The molecule has 0 radical (unpaired) electrons. The highest BCUT2D eigenvalue weighted by Crippen LogP contribution is 2.42. The lowest BCUT2D eigenvalue weighted by atomic mass is 9.93. The van der Waals surface area contributed by atoms with E-state index in [4.69, 9.17) is 0 Å². The van der Waals surface area contributed by atoms with Gasteiger partial charge in [0.2, 0.25) is 0 Å². The Balaban J connectivity index is 1.05. The molecule has 2 nitrogen and oxygen atoms in total. The first-order valence-electron chi connectivity index (χ1n) is 22.0. The molecule has 0 N–H and O–H groups in total. The van der Waals surface area contributed by atoms with Gasteiger partial charge >= 0.3 is 0 Å². The highest BCUT2D eigenvalue weighted by Gasteiger charge is 2.20. The average Bonchev–Trinajstić information content (AvgIpc) is 3.69. The Morgan fingerprint density at radius 1 is 0.365 bits per heavy atom. The number of rotatable bonds is 10. The Kier molecular flexibility index (Phi) is 9.95. The van der Waals surface area contributed by atoms with Crippen LogP contribution >= 0.6 is 0 Å². The van der Waals surface area contributed by atoms with Gasteiger partial charge in [-0.05, 0) is 127 Å². The molecule has 0 amide bonds. The van der Waals surface area contributed by atoms with Crippen molar-refractivity contribution in [1.29, 1.82) is 0 Å². The average molecular weight is 807 g/mol. The second-order valence-electron chi connectivity index (χ2n) is 16.4. The number of fused-ring (bicyclic) bond motifs is 4. The van der Waals surface area contributed by atoms with Crippen molar-refractivity contribution in [2.24, 2.45) is 0 Å². The van der Waals surface area contributed by atoms with Crippen molar-refractivity contribution in [2.45, 2.75) is 19.9 Å². The van der Waals surface area contributed by atoms with E-state index in [1.165, 1.54) is 88.2 Å². The molecule has 2 heteroatoms. The number of benzene rings is 10. The van der Waals surface area contributed by atoms with Gasteiger partial charge < -0.3 is 9.47 Å². The predicted molar refractivity (Wildman–Crippen MR) is 268 cm³/mol. The van der Waals surface area contributed by atoms with E-state index in [0.29, 0.717) is 6.54 Å². The lowest BCUT2D eigenvalue weighted by Gasteiger charge is -2.27. The van der Waals surface area contributed by atoms with Crippen LogP contribution in [0.4, 0.5) is 11.4 Å². The van der Waals surface area contributed by atoms with Gasteiger partial charge in [-0.2, -0.15) is 0 Å². The van der Waals surface area contributed by atoms with Crippen molar-refractivity contribution < 1.29 is 0 Å². The summed E-state index contributed by atoms with van der Waals surface area (Å²) in [6.45, 7) is 2.95. The lowest BCUT2D eigenvalue weighted by molar-refractivity contribution is 0.976. The SMILES string of the molecule is CCc1ccccc1-c1ccccc1CN(c1ccc(-c2ccc(-c3ccccc3)cc2)cc1)c1cccc(-c2cccc3c2c2cc4ccccc4cc2n3-c2ccccc2)c1. The second kappa shape index (κ2) is 16.5. The molecule has 0 unspecified atom stereocenters. The summed E-state index contributed by atoms with van der Waals surface area (Å²) in [6.07, 6.45) is 0.978. The van der Waals surface area contributed by atoms with Crippen LogP contribution in [0, 0.1) is 0 Å². The van der Waals surface area contributed by atoms with Crippen LogP contribution in [0.1, 0.15) is 18.1 Å². The van der Waals surface area contributed by atoms with Gasteiger partial charge in [-0.3, -0.25) is 0 Å². The summed E-state index contributed by atoms with van der Waals surface area (Å²) in [5.41, 5.74) is 18.3. The van der Waals surface area contributed by atoms with Gasteiger partial charge in [-0.15, -0.1) is 0 Å². The van der Waals surface area contributed by atoms with Crippen LogP contribution in [-0.2, 0) is 13.0 Å². The molecule has 11 rings (SSSR count). The first-order valence-corrected chi connectivity index (χ1v) is 22.0. The maximum atomic E-state index is 2.49. The largest absolute Gasteiger partial charge is 0.337 e.